The van der Waals surface area contributed by atoms with E-state index < -0.39 is 16.0 Å². The van der Waals surface area contributed by atoms with Gasteiger partial charge in [-0.2, -0.15) is 8.42 Å². The van der Waals surface area contributed by atoms with Crippen molar-refractivity contribution in [2.45, 2.75) is 6.42 Å². The minimum atomic E-state index is -4.41. The molecule has 0 fully saturated rings. The standard InChI is InChI=1S/C9H7ClFNO2S2/c10-9-2-1-8-7(12-9)5-6(15-8)3-4-16(11,13)14/h1-2,5H,3-4H2. The van der Waals surface area contributed by atoms with Gasteiger partial charge < -0.3 is 0 Å². The quantitative estimate of drug-likeness (QED) is 0.641. The van der Waals surface area contributed by atoms with Crippen LogP contribution in [0, 0.1) is 0 Å². The molecule has 2 aromatic heterocycles. The Morgan fingerprint density at radius 1 is 1.44 bits per heavy atom. The minimum absolute atomic E-state index is 0.164. The lowest BCUT2D eigenvalue weighted by Crippen LogP contribution is -2.00. The van der Waals surface area contributed by atoms with Gasteiger partial charge in [0.05, 0.1) is 16.0 Å². The minimum Gasteiger partial charge on any atom is -0.235 e. The number of pyridine rings is 1. The van der Waals surface area contributed by atoms with E-state index in [1.165, 1.54) is 11.3 Å². The van der Waals surface area contributed by atoms with Gasteiger partial charge in [0.15, 0.2) is 0 Å². The summed E-state index contributed by atoms with van der Waals surface area (Å²) in [4.78, 5) is 4.86. The molecule has 3 nitrogen and oxygen atoms in total. The topological polar surface area (TPSA) is 47.0 Å². The molecule has 86 valence electrons. The lowest BCUT2D eigenvalue weighted by atomic mass is 10.3. The molecular weight excluding hydrogens is 273 g/mol. The third-order valence-corrected chi connectivity index (χ3v) is 4.03. The van der Waals surface area contributed by atoms with Gasteiger partial charge in [0.1, 0.15) is 5.15 Å². The second-order valence-corrected chi connectivity index (χ2v) is 6.26. The molecule has 0 atom stereocenters. The smallest absolute Gasteiger partial charge is 0.235 e. The van der Waals surface area contributed by atoms with Gasteiger partial charge in [0.25, 0.3) is 0 Å². The van der Waals surface area contributed by atoms with Gasteiger partial charge >= 0.3 is 10.2 Å². The van der Waals surface area contributed by atoms with Crippen molar-refractivity contribution in [3.05, 3.63) is 28.2 Å². The van der Waals surface area contributed by atoms with Crippen LogP contribution in [0.1, 0.15) is 4.88 Å². The van der Waals surface area contributed by atoms with Crippen LogP contribution in [-0.4, -0.2) is 19.2 Å². The van der Waals surface area contributed by atoms with E-state index in [1.54, 1.807) is 12.1 Å². The number of halogens is 2. The molecule has 0 unspecified atom stereocenters. The molecule has 2 heterocycles. The average Bonchev–Trinajstić information content (AvgIpc) is 2.55. The number of aryl methyl sites for hydroxylation is 1. The third-order valence-electron chi connectivity index (χ3n) is 1.98. The van der Waals surface area contributed by atoms with Crippen molar-refractivity contribution in [3.63, 3.8) is 0 Å². The normalized spacial score (nSPS) is 12.1. The molecule has 7 heteroatoms. The van der Waals surface area contributed by atoms with Crippen LogP contribution in [0.4, 0.5) is 3.89 Å². The summed E-state index contributed by atoms with van der Waals surface area (Å²) in [6, 6.07) is 5.20. The predicted octanol–water partition coefficient (Wildman–Crippen LogP) is 2.79. The molecule has 0 N–H and O–H groups in total. The highest BCUT2D eigenvalue weighted by molar-refractivity contribution is 7.86. The van der Waals surface area contributed by atoms with Gasteiger partial charge in [0.2, 0.25) is 0 Å². The van der Waals surface area contributed by atoms with Crippen LogP contribution >= 0.6 is 22.9 Å². The van der Waals surface area contributed by atoms with Crippen LogP contribution in [0.5, 0.6) is 0 Å². The van der Waals surface area contributed by atoms with Crippen molar-refractivity contribution >= 4 is 43.4 Å². The molecule has 0 aliphatic rings. The average molecular weight is 280 g/mol. The van der Waals surface area contributed by atoms with Crippen molar-refractivity contribution in [3.8, 4) is 0 Å². The summed E-state index contributed by atoms with van der Waals surface area (Å²) in [6.07, 6.45) is 0.164. The largest absolute Gasteiger partial charge is 0.302 e. The molecule has 2 aromatic rings. The molecule has 0 saturated carbocycles. The lowest BCUT2D eigenvalue weighted by Gasteiger charge is -1.90. The van der Waals surface area contributed by atoms with Crippen molar-refractivity contribution in [1.29, 1.82) is 0 Å². The molecule has 0 radical (unpaired) electrons. The van der Waals surface area contributed by atoms with Gasteiger partial charge in [-0.15, -0.1) is 15.2 Å². The summed E-state index contributed by atoms with van der Waals surface area (Å²) in [5.74, 6) is -0.493. The van der Waals surface area contributed by atoms with E-state index in [0.717, 1.165) is 9.58 Å². The van der Waals surface area contributed by atoms with Crippen LogP contribution in [0.25, 0.3) is 10.2 Å². The van der Waals surface area contributed by atoms with Crippen molar-refractivity contribution in [2.75, 3.05) is 5.75 Å². The van der Waals surface area contributed by atoms with Crippen molar-refractivity contribution in [2.24, 2.45) is 0 Å². The van der Waals surface area contributed by atoms with Gasteiger partial charge in [-0.1, -0.05) is 11.6 Å². The van der Waals surface area contributed by atoms with Crippen LogP contribution in [-0.2, 0) is 16.6 Å². The summed E-state index contributed by atoms with van der Waals surface area (Å²) in [7, 11) is -4.41. The monoisotopic (exact) mass is 279 g/mol. The van der Waals surface area contributed by atoms with Crippen molar-refractivity contribution in [1.82, 2.24) is 4.98 Å². The fourth-order valence-corrected chi connectivity index (χ4v) is 3.05. The molecule has 0 aromatic carbocycles. The first-order valence-corrected chi connectivity index (χ1v) is 7.16. The van der Waals surface area contributed by atoms with Crippen LogP contribution in [0.2, 0.25) is 5.15 Å². The maximum atomic E-state index is 12.3. The number of fused-ring (bicyclic) bond motifs is 1. The van der Waals surface area contributed by atoms with Crippen molar-refractivity contribution < 1.29 is 12.3 Å². The third kappa shape index (κ3) is 2.90. The highest BCUT2D eigenvalue weighted by Crippen LogP contribution is 2.26. The molecule has 0 saturated heterocycles. The number of hydrogen-bond acceptors (Lipinski definition) is 4. The Labute approximate surface area is 101 Å². The zero-order valence-corrected chi connectivity index (χ0v) is 10.4. The molecule has 0 bridgehead atoms. The Morgan fingerprint density at radius 3 is 2.88 bits per heavy atom. The molecule has 0 amide bonds. The van der Waals surface area contributed by atoms with E-state index in [1.807, 2.05) is 6.07 Å². The number of rotatable bonds is 3. The van der Waals surface area contributed by atoms with E-state index in [0.29, 0.717) is 10.7 Å². The number of thiophene rings is 1. The number of hydrogen-bond donors (Lipinski definition) is 0. The maximum Gasteiger partial charge on any atom is 0.302 e. The summed E-state index contributed by atoms with van der Waals surface area (Å²) < 4.78 is 34.0. The Morgan fingerprint density at radius 2 is 2.19 bits per heavy atom. The SMILES string of the molecule is O=S(=O)(F)CCc1cc2nc(Cl)ccc2s1. The highest BCUT2D eigenvalue weighted by atomic mass is 35.5. The maximum absolute atomic E-state index is 12.3. The molecular formula is C9H7ClFNO2S2. The van der Waals surface area contributed by atoms with Crippen LogP contribution in [0.3, 0.4) is 0 Å². The molecule has 16 heavy (non-hydrogen) atoms. The summed E-state index contributed by atoms with van der Waals surface area (Å²) in [6.45, 7) is 0. The first kappa shape index (κ1) is 11.8. The fourth-order valence-electron chi connectivity index (χ4n) is 1.30. The second-order valence-electron chi connectivity index (χ2n) is 3.22. The molecule has 0 aliphatic carbocycles. The Bertz CT molecular complexity index is 623. The van der Waals surface area contributed by atoms with Gasteiger partial charge in [-0.25, -0.2) is 4.98 Å². The number of nitrogens with zero attached hydrogens (tertiary/aromatic N) is 1. The first-order chi connectivity index (χ1) is 7.44. The summed E-state index contributed by atoms with van der Waals surface area (Å²) in [5.41, 5.74) is 0.712. The van der Waals surface area contributed by atoms with E-state index in [-0.39, 0.29) is 6.42 Å². The lowest BCUT2D eigenvalue weighted by molar-refractivity contribution is 0.551. The predicted molar refractivity (Wildman–Crippen MR) is 63.2 cm³/mol. The van der Waals surface area contributed by atoms with Crippen LogP contribution in [0.15, 0.2) is 18.2 Å². The first-order valence-electron chi connectivity index (χ1n) is 4.41. The zero-order valence-electron chi connectivity index (χ0n) is 7.98. The fraction of sp³-hybridized carbons (Fsp3) is 0.222. The van der Waals surface area contributed by atoms with E-state index >= 15 is 0 Å². The summed E-state index contributed by atoms with van der Waals surface area (Å²) in [5, 5.41) is 0.384. The molecule has 2 rings (SSSR count). The Kier molecular flexibility index (Phi) is 3.14. The highest BCUT2D eigenvalue weighted by Gasteiger charge is 2.10. The molecule has 0 spiro atoms. The Balaban J connectivity index is 2.26. The Hall–Kier alpha value is -0.720. The van der Waals surface area contributed by atoms with E-state index in [2.05, 4.69) is 4.98 Å². The van der Waals surface area contributed by atoms with Gasteiger partial charge in [-0.05, 0) is 24.6 Å². The van der Waals surface area contributed by atoms with E-state index in [4.69, 9.17) is 11.6 Å². The van der Waals surface area contributed by atoms with E-state index in [9.17, 15) is 12.3 Å². The van der Waals surface area contributed by atoms with Gasteiger partial charge in [0, 0.05) is 4.88 Å². The number of aromatic nitrogens is 1. The summed E-state index contributed by atoms with van der Waals surface area (Å²) >= 11 is 7.11. The van der Waals surface area contributed by atoms with Gasteiger partial charge in [-0.3, -0.25) is 0 Å². The second kappa shape index (κ2) is 4.27. The van der Waals surface area contributed by atoms with Crippen LogP contribution < -0.4 is 0 Å². The zero-order chi connectivity index (χ0) is 11.8. The molecule has 0 aliphatic heterocycles.